The Morgan fingerprint density at radius 1 is 1.08 bits per heavy atom. The highest BCUT2D eigenvalue weighted by atomic mass is 16.6. The zero-order valence-electron chi connectivity index (χ0n) is 14.9. The minimum atomic E-state index is 0.0223. The van der Waals surface area contributed by atoms with Gasteiger partial charge >= 0.3 is 0 Å². The van der Waals surface area contributed by atoms with Gasteiger partial charge in [0.25, 0.3) is 5.91 Å². The van der Waals surface area contributed by atoms with Crippen molar-refractivity contribution in [2.75, 3.05) is 26.2 Å². The molecule has 3 aromatic rings. The molecule has 0 saturated carbocycles. The summed E-state index contributed by atoms with van der Waals surface area (Å²) in [5, 5.41) is 11.6. The second-order valence-electron chi connectivity index (χ2n) is 6.69. The summed E-state index contributed by atoms with van der Waals surface area (Å²) in [7, 11) is 0. The molecule has 3 heterocycles. The molecule has 1 fully saturated rings. The second kappa shape index (κ2) is 6.87. The van der Waals surface area contributed by atoms with E-state index in [4.69, 9.17) is 9.15 Å². The smallest absolute Gasteiger partial charge is 0.253 e. The molecule has 0 radical (unpaired) electrons. The molecule has 136 valence electrons. The van der Waals surface area contributed by atoms with Crippen LogP contribution in [0.15, 0.2) is 27.4 Å². The van der Waals surface area contributed by atoms with E-state index in [1.54, 1.807) is 18.2 Å². The summed E-state index contributed by atoms with van der Waals surface area (Å²) in [6.45, 7) is 7.92. The van der Waals surface area contributed by atoms with E-state index in [0.717, 1.165) is 49.6 Å². The summed E-state index contributed by atoms with van der Waals surface area (Å²) in [4.78, 5) is 17.1. The Kier molecular flexibility index (Phi) is 4.42. The van der Waals surface area contributed by atoms with Crippen LogP contribution in [0.1, 0.15) is 33.8 Å². The highest BCUT2D eigenvalue weighted by Gasteiger charge is 2.22. The van der Waals surface area contributed by atoms with E-state index in [1.165, 1.54) is 0 Å². The van der Waals surface area contributed by atoms with Gasteiger partial charge in [-0.25, -0.2) is 4.63 Å². The summed E-state index contributed by atoms with van der Waals surface area (Å²) in [5.74, 6) is 0.892. The van der Waals surface area contributed by atoms with E-state index in [2.05, 4.69) is 20.4 Å². The van der Waals surface area contributed by atoms with E-state index >= 15 is 0 Å². The van der Waals surface area contributed by atoms with Crippen LogP contribution in [0.4, 0.5) is 0 Å². The van der Waals surface area contributed by atoms with Crippen molar-refractivity contribution in [3.8, 4) is 0 Å². The molecule has 26 heavy (non-hydrogen) atoms. The van der Waals surface area contributed by atoms with Crippen molar-refractivity contribution < 1.29 is 13.9 Å². The molecule has 0 bridgehead atoms. The van der Waals surface area contributed by atoms with Gasteiger partial charge in [0.15, 0.2) is 0 Å². The van der Waals surface area contributed by atoms with Crippen LogP contribution >= 0.6 is 0 Å². The number of fused-ring (bicyclic) bond motifs is 1. The molecular formula is C18H21N5O3. The number of carbonyl (C=O) groups is 1. The summed E-state index contributed by atoms with van der Waals surface area (Å²) >= 11 is 0. The first-order valence-corrected chi connectivity index (χ1v) is 8.77. The number of nitrogens with zero attached hydrogens (tertiary/aromatic N) is 5. The molecule has 1 saturated heterocycles. The molecule has 1 aromatic carbocycles. The number of hydrogen-bond acceptors (Lipinski definition) is 7. The van der Waals surface area contributed by atoms with Crippen LogP contribution in [0.25, 0.3) is 11.0 Å². The van der Waals surface area contributed by atoms with Crippen molar-refractivity contribution in [1.29, 1.82) is 0 Å². The van der Waals surface area contributed by atoms with Gasteiger partial charge in [0.2, 0.25) is 0 Å². The fourth-order valence-electron chi connectivity index (χ4n) is 3.38. The lowest BCUT2D eigenvalue weighted by molar-refractivity contribution is 0.0761. The molecule has 1 aliphatic heterocycles. The number of aromatic nitrogens is 3. The largest absolute Gasteiger partial charge is 0.361 e. The van der Waals surface area contributed by atoms with Crippen molar-refractivity contribution in [3.05, 3.63) is 40.8 Å². The van der Waals surface area contributed by atoms with Gasteiger partial charge < -0.3 is 9.42 Å². The fraction of sp³-hybridized carbons (Fsp3) is 0.444. The van der Waals surface area contributed by atoms with E-state index < -0.39 is 0 Å². The van der Waals surface area contributed by atoms with Crippen molar-refractivity contribution in [1.82, 2.24) is 25.3 Å². The highest BCUT2D eigenvalue weighted by molar-refractivity contribution is 5.97. The minimum absolute atomic E-state index is 0.0223. The summed E-state index contributed by atoms with van der Waals surface area (Å²) in [6.07, 6.45) is 0.933. The number of hydrogen-bond donors (Lipinski definition) is 0. The molecule has 1 aliphatic rings. The molecule has 1 amide bonds. The van der Waals surface area contributed by atoms with Crippen LogP contribution in [0, 0.1) is 13.8 Å². The van der Waals surface area contributed by atoms with Crippen LogP contribution in [0.3, 0.4) is 0 Å². The van der Waals surface area contributed by atoms with Gasteiger partial charge in [-0.05, 0) is 48.8 Å². The minimum Gasteiger partial charge on any atom is -0.361 e. The first kappa shape index (κ1) is 16.7. The third-order valence-corrected chi connectivity index (χ3v) is 4.94. The van der Waals surface area contributed by atoms with E-state index in [1.807, 2.05) is 18.7 Å². The first-order valence-electron chi connectivity index (χ1n) is 8.77. The van der Waals surface area contributed by atoms with Crippen LogP contribution in [0.5, 0.6) is 0 Å². The zero-order valence-corrected chi connectivity index (χ0v) is 14.9. The Labute approximate surface area is 150 Å². The Morgan fingerprint density at radius 2 is 1.92 bits per heavy atom. The number of carbonyl (C=O) groups excluding carboxylic acids is 1. The second-order valence-corrected chi connectivity index (χ2v) is 6.69. The molecular weight excluding hydrogens is 334 g/mol. The third-order valence-electron chi connectivity index (χ3n) is 4.94. The molecule has 0 unspecified atom stereocenters. The molecule has 8 nitrogen and oxygen atoms in total. The van der Waals surface area contributed by atoms with Gasteiger partial charge in [-0.1, -0.05) is 5.16 Å². The van der Waals surface area contributed by atoms with E-state index in [0.29, 0.717) is 23.1 Å². The lowest BCUT2D eigenvalue weighted by atomic mass is 10.1. The topological polar surface area (TPSA) is 88.5 Å². The maximum atomic E-state index is 12.9. The van der Waals surface area contributed by atoms with Crippen LogP contribution < -0.4 is 0 Å². The van der Waals surface area contributed by atoms with Crippen LogP contribution in [-0.4, -0.2) is 57.4 Å². The average molecular weight is 355 g/mol. The van der Waals surface area contributed by atoms with Crippen molar-refractivity contribution in [2.45, 2.75) is 26.8 Å². The van der Waals surface area contributed by atoms with Gasteiger partial charge in [-0.15, -0.1) is 0 Å². The molecule has 4 rings (SSSR count). The monoisotopic (exact) mass is 355 g/mol. The zero-order chi connectivity index (χ0) is 18.1. The lowest BCUT2D eigenvalue weighted by Gasteiger charge is -2.22. The predicted molar refractivity (Wildman–Crippen MR) is 93.6 cm³/mol. The quantitative estimate of drug-likeness (QED) is 0.711. The number of benzene rings is 1. The Bertz CT molecular complexity index is 912. The van der Waals surface area contributed by atoms with E-state index in [-0.39, 0.29) is 5.91 Å². The maximum absolute atomic E-state index is 12.9. The SMILES string of the molecule is Cc1noc(C)c1CN1CCCN(C(=O)c2ccc3nonc3c2)CC1. The maximum Gasteiger partial charge on any atom is 0.253 e. The number of amides is 1. The fourth-order valence-corrected chi connectivity index (χ4v) is 3.38. The van der Waals surface area contributed by atoms with Crippen molar-refractivity contribution in [3.63, 3.8) is 0 Å². The normalized spacial score (nSPS) is 16.2. The lowest BCUT2D eigenvalue weighted by Crippen LogP contribution is -2.35. The van der Waals surface area contributed by atoms with Crippen LogP contribution in [-0.2, 0) is 6.54 Å². The Hall–Kier alpha value is -2.74. The summed E-state index contributed by atoms with van der Waals surface area (Å²) in [5.41, 5.74) is 3.96. The molecule has 8 heteroatoms. The third kappa shape index (κ3) is 3.20. The Balaban J connectivity index is 1.43. The van der Waals surface area contributed by atoms with Gasteiger partial charge in [-0.3, -0.25) is 9.69 Å². The average Bonchev–Trinajstić information content (AvgIpc) is 3.15. The van der Waals surface area contributed by atoms with E-state index in [9.17, 15) is 4.79 Å². The standard InChI is InChI=1S/C18H21N5O3/c1-12-15(13(2)25-19-12)11-22-6-3-7-23(9-8-22)18(24)14-4-5-16-17(10-14)21-26-20-16/h4-5,10H,3,6-9,11H2,1-2H3. The molecule has 0 atom stereocenters. The predicted octanol–water partition coefficient (Wildman–Crippen LogP) is 2.18. The van der Waals surface area contributed by atoms with Crippen LogP contribution in [0.2, 0.25) is 0 Å². The molecule has 0 spiro atoms. The molecule has 0 N–H and O–H groups in total. The van der Waals surface area contributed by atoms with Crippen molar-refractivity contribution >= 4 is 16.9 Å². The first-order chi connectivity index (χ1) is 12.6. The van der Waals surface area contributed by atoms with Gasteiger partial charge in [0.05, 0.1) is 5.69 Å². The van der Waals surface area contributed by atoms with Crippen molar-refractivity contribution in [2.24, 2.45) is 0 Å². The van der Waals surface area contributed by atoms with Gasteiger partial charge in [0.1, 0.15) is 16.8 Å². The molecule has 0 aliphatic carbocycles. The molecule has 2 aromatic heterocycles. The Morgan fingerprint density at radius 3 is 2.73 bits per heavy atom. The van der Waals surface area contributed by atoms with Gasteiger partial charge in [0, 0.05) is 43.9 Å². The van der Waals surface area contributed by atoms with Gasteiger partial charge in [-0.2, -0.15) is 0 Å². The number of aryl methyl sites for hydroxylation is 2. The highest BCUT2D eigenvalue weighted by Crippen LogP contribution is 2.18. The number of rotatable bonds is 3. The summed E-state index contributed by atoms with van der Waals surface area (Å²) in [6, 6.07) is 5.28. The summed E-state index contributed by atoms with van der Waals surface area (Å²) < 4.78 is 9.96.